The Kier molecular flexibility index (Phi) is 10.7. The van der Waals surface area contributed by atoms with Crippen LogP contribution in [-0.4, -0.2) is 94.7 Å². The highest BCUT2D eigenvalue weighted by atomic mass is 32.1. The number of nitrogens with one attached hydrogen (secondary N) is 2. The second-order valence-electron chi connectivity index (χ2n) is 19.6. The van der Waals surface area contributed by atoms with Gasteiger partial charge in [0.05, 0.1) is 34.8 Å². The Balaban J connectivity index is 1.18. The van der Waals surface area contributed by atoms with Crippen molar-refractivity contribution in [2.24, 2.45) is 28.6 Å². The van der Waals surface area contributed by atoms with E-state index in [0.29, 0.717) is 24.8 Å². The summed E-state index contributed by atoms with van der Waals surface area (Å²) in [5.41, 5.74) is 11.1. The fourth-order valence-electron chi connectivity index (χ4n) is 10.2. The Hall–Kier alpha value is -4.17. The van der Waals surface area contributed by atoms with Crippen LogP contribution in [0.15, 0.2) is 35.8 Å². The first kappa shape index (κ1) is 41.2. The molecule has 12 nitrogen and oxygen atoms in total. The number of methoxy groups -OCH3 is 1. The van der Waals surface area contributed by atoms with E-state index in [1.165, 1.54) is 22.5 Å². The van der Waals surface area contributed by atoms with Gasteiger partial charge < -0.3 is 24.3 Å². The number of fused-ring (bicyclic) bond motifs is 8. The van der Waals surface area contributed by atoms with Crippen molar-refractivity contribution >= 4 is 40.0 Å². The van der Waals surface area contributed by atoms with Gasteiger partial charge in [0.25, 0.3) is 5.91 Å². The molecule has 3 aliphatic heterocycles. The third-order valence-electron chi connectivity index (χ3n) is 14.3. The Labute approximate surface area is 357 Å². The normalized spacial score (nSPS) is 28.8. The topological polar surface area (TPSA) is 131 Å². The van der Waals surface area contributed by atoms with Gasteiger partial charge in [0.1, 0.15) is 12.1 Å². The Morgan fingerprint density at radius 2 is 1.93 bits per heavy atom. The lowest BCUT2D eigenvalue weighted by Crippen LogP contribution is -2.62. The number of hydrogen-bond acceptors (Lipinski definition) is 10. The molecule has 1 aromatic carbocycles. The monoisotopic (exact) mass is 835 g/mol. The van der Waals surface area contributed by atoms with E-state index in [1.54, 1.807) is 12.1 Å². The molecule has 2 N–H and O–H groups in total. The Morgan fingerprint density at radius 3 is 2.65 bits per heavy atom. The van der Waals surface area contributed by atoms with Crippen LogP contribution in [0.1, 0.15) is 101 Å². The second kappa shape index (κ2) is 15.6. The van der Waals surface area contributed by atoms with Crippen LogP contribution in [0.25, 0.3) is 33.4 Å². The molecule has 6 bridgehead atoms. The minimum atomic E-state index is -0.831. The van der Waals surface area contributed by atoms with Gasteiger partial charge in [-0.2, -0.15) is 0 Å². The molecular formula is C47H61N7O5S. The number of hydrazine groups is 1. The lowest BCUT2D eigenvalue weighted by Gasteiger charge is -2.38. The van der Waals surface area contributed by atoms with Gasteiger partial charge in [0.2, 0.25) is 5.91 Å². The molecule has 13 heteroatoms. The summed E-state index contributed by atoms with van der Waals surface area (Å²) in [6, 6.07) is 7.48. The molecule has 0 radical (unpaired) electrons. The van der Waals surface area contributed by atoms with E-state index in [1.807, 2.05) is 0 Å². The molecule has 2 aliphatic carbocycles. The summed E-state index contributed by atoms with van der Waals surface area (Å²) >= 11 is 1.51. The van der Waals surface area contributed by atoms with Crippen molar-refractivity contribution in [2.45, 2.75) is 111 Å². The second-order valence-corrected chi connectivity index (χ2v) is 20.6. The molecule has 7 atom stereocenters. The van der Waals surface area contributed by atoms with Gasteiger partial charge in [-0.3, -0.25) is 24.4 Å². The van der Waals surface area contributed by atoms with Crippen LogP contribution in [0.4, 0.5) is 0 Å². The highest BCUT2D eigenvalue weighted by Crippen LogP contribution is 2.57. The molecule has 6 heterocycles. The van der Waals surface area contributed by atoms with Crippen molar-refractivity contribution in [1.82, 2.24) is 35.2 Å². The summed E-state index contributed by atoms with van der Waals surface area (Å²) in [6.07, 6.45) is 6.53. The first-order valence-electron chi connectivity index (χ1n) is 22.0. The predicted molar refractivity (Wildman–Crippen MR) is 233 cm³/mol. The average Bonchev–Trinajstić information content (AvgIpc) is 4.04. The molecule has 4 aromatic rings. The zero-order chi connectivity index (χ0) is 42.2. The van der Waals surface area contributed by atoms with Crippen LogP contribution in [-0.2, 0) is 43.2 Å². The van der Waals surface area contributed by atoms with Gasteiger partial charge in [-0.05, 0) is 119 Å². The van der Waals surface area contributed by atoms with E-state index in [9.17, 15) is 14.4 Å². The van der Waals surface area contributed by atoms with E-state index in [-0.39, 0.29) is 54.2 Å². The van der Waals surface area contributed by atoms with Crippen LogP contribution >= 0.6 is 11.3 Å². The third kappa shape index (κ3) is 7.68. The molecule has 2 saturated carbocycles. The average molecular weight is 836 g/mol. The third-order valence-corrected chi connectivity index (χ3v) is 15.2. The lowest BCUT2D eigenvalue weighted by atomic mass is 9.83. The van der Waals surface area contributed by atoms with Crippen LogP contribution in [0.2, 0.25) is 0 Å². The molecule has 60 heavy (non-hydrogen) atoms. The summed E-state index contributed by atoms with van der Waals surface area (Å²) in [6.45, 7) is 16.3. The number of esters is 1. The minimum Gasteiger partial charge on any atom is -0.464 e. The van der Waals surface area contributed by atoms with Gasteiger partial charge in [-0.1, -0.05) is 33.8 Å². The maximum absolute atomic E-state index is 14.4. The molecule has 320 valence electrons. The van der Waals surface area contributed by atoms with Gasteiger partial charge in [-0.25, -0.2) is 10.4 Å². The zero-order valence-electron chi connectivity index (χ0n) is 36.5. The van der Waals surface area contributed by atoms with Crippen molar-refractivity contribution < 1.29 is 23.9 Å². The molecule has 2 amide bonds. The number of amides is 2. The number of ether oxygens (including phenoxy) is 2. The summed E-state index contributed by atoms with van der Waals surface area (Å²) in [5, 5.41) is 8.62. The number of pyridine rings is 1. The van der Waals surface area contributed by atoms with Gasteiger partial charge in [0.15, 0.2) is 0 Å². The number of likely N-dealkylation sites (tertiary alicyclic amines) is 1. The van der Waals surface area contributed by atoms with Crippen LogP contribution in [0, 0.1) is 28.6 Å². The van der Waals surface area contributed by atoms with E-state index in [2.05, 4.69) is 105 Å². The molecule has 5 aliphatic rings. The molecule has 3 aromatic heterocycles. The molecule has 0 unspecified atom stereocenters. The number of hydrogen-bond donors (Lipinski definition) is 2. The van der Waals surface area contributed by atoms with Crippen molar-refractivity contribution in [1.29, 1.82) is 0 Å². The van der Waals surface area contributed by atoms with Gasteiger partial charge in [-0.15, -0.1) is 11.3 Å². The Morgan fingerprint density at radius 1 is 1.17 bits per heavy atom. The maximum Gasteiger partial charge on any atom is 0.325 e. The summed E-state index contributed by atoms with van der Waals surface area (Å²) in [4.78, 5) is 54.7. The van der Waals surface area contributed by atoms with Crippen molar-refractivity contribution in [3.63, 3.8) is 0 Å². The maximum atomic E-state index is 14.4. The number of piperidine rings is 1. The van der Waals surface area contributed by atoms with Crippen molar-refractivity contribution in [2.75, 3.05) is 40.4 Å². The summed E-state index contributed by atoms with van der Waals surface area (Å²) in [7, 11) is 3.94. The van der Waals surface area contributed by atoms with Gasteiger partial charge >= 0.3 is 5.97 Å². The van der Waals surface area contributed by atoms with Crippen molar-refractivity contribution in [3.05, 3.63) is 57.7 Å². The predicted octanol–water partition coefficient (Wildman–Crippen LogP) is 6.91. The van der Waals surface area contributed by atoms with E-state index in [4.69, 9.17) is 19.4 Å². The van der Waals surface area contributed by atoms with E-state index < -0.39 is 17.5 Å². The smallest absolute Gasteiger partial charge is 0.325 e. The zero-order valence-corrected chi connectivity index (χ0v) is 37.3. The number of carbonyl (C=O) groups excluding carboxylic acids is 3. The number of rotatable bonds is 7. The number of aromatic nitrogens is 3. The number of thiazole rings is 1. The Bertz CT molecular complexity index is 2330. The minimum absolute atomic E-state index is 0.0581. The summed E-state index contributed by atoms with van der Waals surface area (Å²) < 4.78 is 14.7. The number of benzene rings is 1. The number of nitrogens with zero attached hydrogens (tertiary/aromatic N) is 5. The molecule has 2 saturated heterocycles. The quantitative estimate of drug-likeness (QED) is 0.191. The fraction of sp³-hybridized carbons (Fsp3) is 0.596. The number of carbonyl (C=O) groups is 3. The fourth-order valence-corrected chi connectivity index (χ4v) is 11.1. The number of cyclic esters (lactones) is 1. The van der Waals surface area contributed by atoms with Gasteiger partial charge in [0, 0.05) is 71.6 Å². The van der Waals surface area contributed by atoms with Crippen LogP contribution < -0.4 is 10.7 Å². The molecule has 0 spiro atoms. The van der Waals surface area contributed by atoms with E-state index >= 15 is 0 Å². The largest absolute Gasteiger partial charge is 0.464 e. The highest BCUT2D eigenvalue weighted by Gasteiger charge is 2.61. The van der Waals surface area contributed by atoms with E-state index in [0.717, 1.165) is 89.4 Å². The first-order chi connectivity index (χ1) is 28.7. The molecule has 9 rings (SSSR count). The summed E-state index contributed by atoms with van der Waals surface area (Å²) in [5.74, 6) is -0.0184. The molecular weight excluding hydrogens is 775 g/mol. The lowest BCUT2D eigenvalue weighted by molar-refractivity contribution is -0.157. The van der Waals surface area contributed by atoms with Crippen LogP contribution in [0.5, 0.6) is 0 Å². The van der Waals surface area contributed by atoms with Crippen molar-refractivity contribution in [3.8, 4) is 22.5 Å². The highest BCUT2D eigenvalue weighted by molar-refractivity contribution is 7.10. The van der Waals surface area contributed by atoms with Crippen LogP contribution in [0.3, 0.4) is 0 Å². The standard InChI is InChI=1S/C47H61N7O5S/c1-9-53-38-11-10-29-17-32(38)34(42(53)33-18-30(22-48-40(33)27(3)58-8)28-12-14-52(7)15-13-28)20-46(4,5)25-59-45(57)41-35-21-47(35,6)24-54(51-41)44(56)36(19-39-49-37(29)23-60-39)50-43(55)31-16-26(31)2/h10-11,17-18,22-23,26-28,31,35-36,41,51H,9,12-16,19-21,24-25H2,1-8H3,(H,50,55)/t26-,27-,31-,35+,36-,41-,47-/m0/s1. The first-order valence-corrected chi connectivity index (χ1v) is 22.9. The SMILES string of the molecule is CCn1c(-c2cc(C3CCN(C)CC3)cnc2[C@H](C)OC)c2c3cc(ccc31)-c1csc(n1)C[C@H](NC(=O)[C@H]1C[C@@H]1C)C(=O)N1C[C@]3(C)C[C@@H]3[C@H](N1)C(=O)OCC(C)(C)C2. The number of aryl methyl sites for hydroxylation is 1. The molecule has 4 fully saturated rings.